The van der Waals surface area contributed by atoms with E-state index in [0.717, 1.165) is 0 Å². The molecule has 3 N–H and O–H groups in total. The van der Waals surface area contributed by atoms with Crippen LogP contribution < -0.4 is 0 Å². The Bertz CT molecular complexity index is 631. The zero-order valence-electron chi connectivity index (χ0n) is 9.88. The van der Waals surface area contributed by atoms with Gasteiger partial charge in [-0.25, -0.2) is 4.79 Å². The van der Waals surface area contributed by atoms with E-state index >= 15 is 0 Å². The van der Waals surface area contributed by atoms with Crippen LogP contribution in [0.2, 0.25) is 0 Å². The van der Waals surface area contributed by atoms with Crippen LogP contribution in [-0.2, 0) is 7.05 Å². The quantitative estimate of drug-likeness (QED) is 0.700. The minimum Gasteiger partial charge on any atom is -0.508 e. The van der Waals surface area contributed by atoms with Gasteiger partial charge in [-0.15, -0.1) is 0 Å². The van der Waals surface area contributed by atoms with Gasteiger partial charge in [0.25, 0.3) is 0 Å². The Kier molecular flexibility index (Phi) is 2.70. The van der Waals surface area contributed by atoms with Crippen molar-refractivity contribution < 1.29 is 20.1 Å². The molecule has 6 heteroatoms. The van der Waals surface area contributed by atoms with Gasteiger partial charge >= 0.3 is 5.97 Å². The number of rotatable bonds is 2. The van der Waals surface area contributed by atoms with Gasteiger partial charge in [-0.2, -0.15) is 5.10 Å². The number of carbonyl (C=O) groups is 1. The van der Waals surface area contributed by atoms with Crippen LogP contribution in [0, 0.1) is 6.92 Å². The molecule has 94 valence electrons. The Morgan fingerprint density at radius 3 is 2.44 bits per heavy atom. The topological polar surface area (TPSA) is 95.6 Å². The van der Waals surface area contributed by atoms with Gasteiger partial charge in [0, 0.05) is 12.6 Å². The fraction of sp³-hybridized carbons (Fsp3) is 0.167. The molecule has 0 unspecified atom stereocenters. The van der Waals surface area contributed by atoms with E-state index in [1.54, 1.807) is 14.0 Å². The lowest BCUT2D eigenvalue weighted by Gasteiger charge is -2.07. The first-order valence-corrected chi connectivity index (χ1v) is 5.20. The molecule has 1 aromatic heterocycles. The average Bonchev–Trinajstić information content (AvgIpc) is 2.66. The Labute approximate surface area is 103 Å². The van der Waals surface area contributed by atoms with Crippen LogP contribution in [0.25, 0.3) is 11.3 Å². The molecule has 0 saturated carbocycles. The smallest absolute Gasteiger partial charge is 0.356 e. The highest BCUT2D eigenvalue weighted by Gasteiger charge is 2.16. The molecule has 0 aliphatic rings. The molecule has 0 radical (unpaired) electrons. The highest BCUT2D eigenvalue weighted by Crippen LogP contribution is 2.34. The summed E-state index contributed by atoms with van der Waals surface area (Å²) >= 11 is 0. The van der Waals surface area contributed by atoms with Crippen molar-refractivity contribution in [3.63, 3.8) is 0 Å². The van der Waals surface area contributed by atoms with Gasteiger partial charge in [0.2, 0.25) is 0 Å². The van der Waals surface area contributed by atoms with E-state index in [1.165, 1.54) is 22.9 Å². The Morgan fingerprint density at radius 2 is 1.89 bits per heavy atom. The number of nitrogens with zero attached hydrogens (tertiary/aromatic N) is 2. The third-order valence-corrected chi connectivity index (χ3v) is 2.69. The van der Waals surface area contributed by atoms with Crippen LogP contribution in [0.1, 0.15) is 16.1 Å². The molecule has 0 atom stereocenters. The second-order valence-electron chi connectivity index (χ2n) is 4.00. The zero-order chi connectivity index (χ0) is 13.4. The van der Waals surface area contributed by atoms with E-state index < -0.39 is 5.97 Å². The van der Waals surface area contributed by atoms with Gasteiger partial charge in [-0.1, -0.05) is 0 Å². The number of hydrogen-bond acceptors (Lipinski definition) is 4. The lowest BCUT2D eigenvalue weighted by Crippen LogP contribution is -1.99. The molecule has 0 fully saturated rings. The van der Waals surface area contributed by atoms with E-state index in [2.05, 4.69) is 5.10 Å². The second kappa shape index (κ2) is 4.06. The maximum absolute atomic E-state index is 10.8. The molecule has 0 aliphatic heterocycles. The molecule has 0 aliphatic carbocycles. The van der Waals surface area contributed by atoms with Gasteiger partial charge in [-0.05, 0) is 30.7 Å². The summed E-state index contributed by atoms with van der Waals surface area (Å²) < 4.78 is 1.34. The van der Waals surface area contributed by atoms with Gasteiger partial charge in [0.05, 0.1) is 5.69 Å². The van der Waals surface area contributed by atoms with Crippen molar-refractivity contribution in [2.75, 3.05) is 0 Å². The number of aromatic carboxylic acids is 1. The highest BCUT2D eigenvalue weighted by atomic mass is 16.4. The van der Waals surface area contributed by atoms with Crippen LogP contribution in [0.15, 0.2) is 18.2 Å². The van der Waals surface area contributed by atoms with Crippen molar-refractivity contribution in [3.8, 4) is 22.8 Å². The first-order chi connectivity index (χ1) is 8.40. The van der Waals surface area contributed by atoms with E-state index in [4.69, 9.17) is 5.11 Å². The maximum atomic E-state index is 10.8. The SMILES string of the molecule is Cc1cc(O)c(-c2cc(C(=O)O)nn2C)cc1O. The van der Waals surface area contributed by atoms with Crippen LogP contribution in [0.3, 0.4) is 0 Å². The summed E-state index contributed by atoms with van der Waals surface area (Å²) in [5.74, 6) is -1.15. The number of hydrogen-bond donors (Lipinski definition) is 3. The minimum absolute atomic E-state index is 0.0286. The Balaban J connectivity index is 2.62. The molecular weight excluding hydrogens is 236 g/mol. The summed E-state index contributed by atoms with van der Waals surface area (Å²) in [4.78, 5) is 10.8. The fourth-order valence-corrected chi connectivity index (χ4v) is 1.71. The Morgan fingerprint density at radius 1 is 1.22 bits per heavy atom. The number of phenolic OH excluding ortho intramolecular Hbond substituents is 2. The average molecular weight is 248 g/mol. The molecule has 0 saturated heterocycles. The molecule has 2 aromatic rings. The van der Waals surface area contributed by atoms with Crippen molar-refractivity contribution >= 4 is 5.97 Å². The van der Waals surface area contributed by atoms with Crippen LogP contribution >= 0.6 is 0 Å². The standard InChI is InChI=1S/C12H12N2O4/c1-6-3-11(16)7(4-10(6)15)9-5-8(12(17)18)13-14(9)2/h3-5,15-16H,1-2H3,(H,17,18). The largest absolute Gasteiger partial charge is 0.508 e. The van der Waals surface area contributed by atoms with Crippen molar-refractivity contribution in [1.29, 1.82) is 0 Å². The molecular formula is C12H12N2O4. The number of carboxylic acid groups (broad SMARTS) is 1. The number of aryl methyl sites for hydroxylation is 2. The van der Waals surface area contributed by atoms with Gasteiger partial charge < -0.3 is 15.3 Å². The predicted molar refractivity (Wildman–Crippen MR) is 63.7 cm³/mol. The van der Waals surface area contributed by atoms with Crippen LogP contribution in [0.5, 0.6) is 11.5 Å². The summed E-state index contributed by atoms with van der Waals surface area (Å²) in [6.45, 7) is 1.66. The molecule has 1 heterocycles. The van der Waals surface area contributed by atoms with Crippen molar-refractivity contribution in [2.45, 2.75) is 6.92 Å². The number of aromatic nitrogens is 2. The first kappa shape index (κ1) is 12.0. The minimum atomic E-state index is -1.15. The van der Waals surface area contributed by atoms with E-state index in [9.17, 15) is 15.0 Å². The summed E-state index contributed by atoms with van der Waals surface area (Å²) in [6.07, 6.45) is 0. The number of phenols is 2. The lowest BCUT2D eigenvalue weighted by molar-refractivity contribution is 0.0689. The zero-order valence-corrected chi connectivity index (χ0v) is 9.88. The van der Waals surface area contributed by atoms with Crippen molar-refractivity contribution in [2.24, 2.45) is 7.05 Å². The third-order valence-electron chi connectivity index (χ3n) is 2.69. The predicted octanol–water partition coefficient (Wildman–Crippen LogP) is 1.50. The fourth-order valence-electron chi connectivity index (χ4n) is 1.71. The third kappa shape index (κ3) is 1.88. The maximum Gasteiger partial charge on any atom is 0.356 e. The Hall–Kier alpha value is -2.50. The monoisotopic (exact) mass is 248 g/mol. The van der Waals surface area contributed by atoms with Crippen molar-refractivity contribution in [1.82, 2.24) is 9.78 Å². The highest BCUT2D eigenvalue weighted by molar-refractivity contribution is 5.87. The van der Waals surface area contributed by atoms with E-state index in [1.807, 2.05) is 0 Å². The number of benzene rings is 1. The van der Waals surface area contributed by atoms with Gasteiger partial charge in [0.1, 0.15) is 11.5 Å². The lowest BCUT2D eigenvalue weighted by atomic mass is 10.1. The molecule has 0 amide bonds. The van der Waals surface area contributed by atoms with Crippen LogP contribution in [-0.4, -0.2) is 31.1 Å². The number of aromatic hydroxyl groups is 2. The summed E-state index contributed by atoms with van der Waals surface area (Å²) in [5, 5.41) is 32.1. The van der Waals surface area contributed by atoms with Gasteiger partial charge in [0.15, 0.2) is 5.69 Å². The molecule has 0 bridgehead atoms. The molecule has 1 aromatic carbocycles. The van der Waals surface area contributed by atoms with Crippen LogP contribution in [0.4, 0.5) is 0 Å². The normalized spacial score (nSPS) is 10.6. The van der Waals surface area contributed by atoms with E-state index in [-0.39, 0.29) is 17.2 Å². The van der Waals surface area contributed by atoms with Gasteiger partial charge in [-0.3, -0.25) is 4.68 Å². The summed E-state index contributed by atoms with van der Waals surface area (Å²) in [5.41, 5.74) is 1.17. The first-order valence-electron chi connectivity index (χ1n) is 5.20. The van der Waals surface area contributed by atoms with Crippen molar-refractivity contribution in [3.05, 3.63) is 29.5 Å². The molecule has 6 nitrogen and oxygen atoms in total. The second-order valence-corrected chi connectivity index (χ2v) is 4.00. The summed E-state index contributed by atoms with van der Waals surface area (Å²) in [7, 11) is 1.57. The molecule has 0 spiro atoms. The van der Waals surface area contributed by atoms with E-state index in [0.29, 0.717) is 16.8 Å². The number of carboxylic acids is 1. The summed E-state index contributed by atoms with van der Waals surface area (Å²) in [6, 6.07) is 4.14. The molecule has 18 heavy (non-hydrogen) atoms. The molecule has 2 rings (SSSR count).